The molecule has 2 aliphatic rings. The summed E-state index contributed by atoms with van der Waals surface area (Å²) in [6, 6.07) is 0.300. The SMILES string of the molecule is O=C(O)CC(C1CCCCCC1)N1CCCCCC1. The first-order chi connectivity index (χ1) is 9.27. The molecule has 1 saturated carbocycles. The standard InChI is InChI=1S/C16H29NO2/c18-16(19)13-15(14-9-5-1-2-6-10-14)17-11-7-3-4-8-12-17/h14-15H,1-13H2,(H,18,19). The maximum atomic E-state index is 11.2. The van der Waals surface area contributed by atoms with Gasteiger partial charge >= 0.3 is 5.97 Å². The van der Waals surface area contributed by atoms with Crippen molar-refractivity contribution < 1.29 is 9.90 Å². The van der Waals surface area contributed by atoms with Crippen LogP contribution in [0.1, 0.15) is 70.6 Å². The minimum Gasteiger partial charge on any atom is -0.481 e. The summed E-state index contributed by atoms with van der Waals surface area (Å²) >= 11 is 0. The van der Waals surface area contributed by atoms with Crippen LogP contribution in [0, 0.1) is 5.92 Å². The monoisotopic (exact) mass is 267 g/mol. The highest BCUT2D eigenvalue weighted by molar-refractivity contribution is 5.67. The fraction of sp³-hybridized carbons (Fsp3) is 0.938. The molecule has 0 aromatic heterocycles. The van der Waals surface area contributed by atoms with Gasteiger partial charge in [-0.1, -0.05) is 38.5 Å². The van der Waals surface area contributed by atoms with Crippen molar-refractivity contribution in [3.8, 4) is 0 Å². The summed E-state index contributed by atoms with van der Waals surface area (Å²) < 4.78 is 0. The predicted octanol–water partition coefficient (Wildman–Crippen LogP) is 3.68. The van der Waals surface area contributed by atoms with Gasteiger partial charge in [-0.3, -0.25) is 9.69 Å². The number of rotatable bonds is 4. The van der Waals surface area contributed by atoms with E-state index in [0.29, 0.717) is 18.4 Å². The van der Waals surface area contributed by atoms with Crippen LogP contribution < -0.4 is 0 Å². The largest absolute Gasteiger partial charge is 0.481 e. The normalized spacial score (nSPS) is 25.5. The molecule has 0 amide bonds. The van der Waals surface area contributed by atoms with Gasteiger partial charge < -0.3 is 5.11 Å². The highest BCUT2D eigenvalue weighted by atomic mass is 16.4. The van der Waals surface area contributed by atoms with Crippen LogP contribution in [0.3, 0.4) is 0 Å². The summed E-state index contributed by atoms with van der Waals surface area (Å²) in [4.78, 5) is 13.8. The average Bonchev–Trinajstić information content (AvgIpc) is 2.80. The molecule has 1 saturated heterocycles. The summed E-state index contributed by atoms with van der Waals surface area (Å²) in [7, 11) is 0. The van der Waals surface area contributed by atoms with E-state index in [-0.39, 0.29) is 0 Å². The molecule has 1 aliphatic heterocycles. The number of likely N-dealkylation sites (tertiary alicyclic amines) is 1. The molecule has 1 N–H and O–H groups in total. The van der Waals surface area contributed by atoms with Crippen molar-refractivity contribution in [3.63, 3.8) is 0 Å². The zero-order valence-corrected chi connectivity index (χ0v) is 12.1. The zero-order chi connectivity index (χ0) is 13.5. The fourth-order valence-corrected chi connectivity index (χ4v) is 3.90. The Hall–Kier alpha value is -0.570. The van der Waals surface area contributed by atoms with Gasteiger partial charge in [0.2, 0.25) is 0 Å². The fourth-order valence-electron chi connectivity index (χ4n) is 3.90. The highest BCUT2D eigenvalue weighted by Gasteiger charge is 2.30. The Morgan fingerprint density at radius 2 is 1.47 bits per heavy atom. The number of nitrogens with zero attached hydrogens (tertiary/aromatic N) is 1. The first-order valence-electron chi connectivity index (χ1n) is 8.23. The number of carboxylic acids is 1. The number of aliphatic carboxylic acids is 1. The summed E-state index contributed by atoms with van der Waals surface area (Å²) in [6.45, 7) is 2.24. The Morgan fingerprint density at radius 1 is 0.947 bits per heavy atom. The van der Waals surface area contributed by atoms with Crippen molar-refractivity contribution in [1.82, 2.24) is 4.90 Å². The lowest BCUT2D eigenvalue weighted by atomic mass is 9.88. The van der Waals surface area contributed by atoms with Crippen molar-refractivity contribution in [2.24, 2.45) is 5.92 Å². The van der Waals surface area contributed by atoms with Crippen LogP contribution in [-0.2, 0) is 4.79 Å². The highest BCUT2D eigenvalue weighted by Crippen LogP contribution is 2.31. The van der Waals surface area contributed by atoms with E-state index >= 15 is 0 Å². The number of carbonyl (C=O) groups is 1. The van der Waals surface area contributed by atoms with Crippen LogP contribution in [0.4, 0.5) is 0 Å². The molecular weight excluding hydrogens is 238 g/mol. The van der Waals surface area contributed by atoms with Crippen molar-refractivity contribution in [2.45, 2.75) is 76.7 Å². The molecule has 0 spiro atoms. The zero-order valence-electron chi connectivity index (χ0n) is 12.1. The Bertz CT molecular complexity index is 244. The van der Waals surface area contributed by atoms with Crippen molar-refractivity contribution >= 4 is 5.97 Å². The van der Waals surface area contributed by atoms with Gasteiger partial charge in [0.1, 0.15) is 0 Å². The molecule has 2 rings (SSSR count). The summed E-state index contributed by atoms with van der Waals surface area (Å²) in [5.41, 5.74) is 0. The lowest BCUT2D eigenvalue weighted by Gasteiger charge is -2.35. The van der Waals surface area contributed by atoms with E-state index in [1.165, 1.54) is 64.2 Å². The number of hydrogen-bond acceptors (Lipinski definition) is 2. The van der Waals surface area contributed by atoms with Crippen LogP contribution in [0.5, 0.6) is 0 Å². The molecule has 0 aromatic carbocycles. The van der Waals surface area contributed by atoms with E-state index in [1.54, 1.807) is 0 Å². The van der Waals surface area contributed by atoms with Crippen LogP contribution in [0.2, 0.25) is 0 Å². The Balaban J connectivity index is 2.01. The third kappa shape index (κ3) is 4.79. The van der Waals surface area contributed by atoms with E-state index in [2.05, 4.69) is 4.90 Å². The number of hydrogen-bond donors (Lipinski definition) is 1. The van der Waals surface area contributed by atoms with E-state index < -0.39 is 5.97 Å². The van der Waals surface area contributed by atoms with E-state index in [4.69, 9.17) is 0 Å². The summed E-state index contributed by atoms with van der Waals surface area (Å²) in [5, 5.41) is 9.26. The molecular formula is C16H29NO2. The summed E-state index contributed by atoms with van der Waals surface area (Å²) in [5.74, 6) is 0.00944. The van der Waals surface area contributed by atoms with Crippen LogP contribution in [0.15, 0.2) is 0 Å². The second-order valence-electron chi connectivity index (χ2n) is 6.37. The van der Waals surface area contributed by atoms with Crippen molar-refractivity contribution in [3.05, 3.63) is 0 Å². The van der Waals surface area contributed by atoms with Gasteiger partial charge in [-0.2, -0.15) is 0 Å². The smallest absolute Gasteiger partial charge is 0.304 e. The van der Waals surface area contributed by atoms with Gasteiger partial charge in [-0.25, -0.2) is 0 Å². The lowest BCUT2D eigenvalue weighted by molar-refractivity contribution is -0.139. The molecule has 2 fully saturated rings. The molecule has 1 heterocycles. The number of carboxylic acid groups (broad SMARTS) is 1. The molecule has 0 aromatic rings. The van der Waals surface area contributed by atoms with Gasteiger partial charge in [-0.15, -0.1) is 0 Å². The topological polar surface area (TPSA) is 40.5 Å². The van der Waals surface area contributed by atoms with Crippen molar-refractivity contribution in [1.29, 1.82) is 0 Å². The molecule has 3 nitrogen and oxygen atoms in total. The van der Waals surface area contributed by atoms with Crippen LogP contribution in [0.25, 0.3) is 0 Å². The molecule has 1 unspecified atom stereocenters. The van der Waals surface area contributed by atoms with Gasteiger partial charge in [-0.05, 0) is 44.7 Å². The second-order valence-corrected chi connectivity index (χ2v) is 6.37. The quantitative estimate of drug-likeness (QED) is 0.790. The molecule has 3 heteroatoms. The molecule has 19 heavy (non-hydrogen) atoms. The Morgan fingerprint density at radius 3 is 2.00 bits per heavy atom. The molecule has 110 valence electrons. The molecule has 1 atom stereocenters. The molecule has 0 radical (unpaired) electrons. The first-order valence-corrected chi connectivity index (χ1v) is 8.23. The second kappa shape index (κ2) is 7.88. The lowest BCUT2D eigenvalue weighted by Crippen LogP contribution is -2.42. The Labute approximate surface area is 117 Å². The maximum absolute atomic E-state index is 11.2. The van der Waals surface area contributed by atoms with E-state index in [1.807, 2.05) is 0 Å². The van der Waals surface area contributed by atoms with Crippen molar-refractivity contribution in [2.75, 3.05) is 13.1 Å². The average molecular weight is 267 g/mol. The van der Waals surface area contributed by atoms with Crippen LogP contribution in [-0.4, -0.2) is 35.1 Å². The minimum absolute atomic E-state index is 0.300. The molecule has 0 bridgehead atoms. The third-order valence-corrected chi connectivity index (χ3v) is 4.94. The van der Waals surface area contributed by atoms with Gasteiger partial charge in [0.25, 0.3) is 0 Å². The predicted molar refractivity (Wildman–Crippen MR) is 77.3 cm³/mol. The van der Waals surface area contributed by atoms with E-state index in [0.717, 1.165) is 13.1 Å². The van der Waals surface area contributed by atoms with Gasteiger partial charge in [0.15, 0.2) is 0 Å². The maximum Gasteiger partial charge on any atom is 0.304 e. The minimum atomic E-state index is -0.613. The first kappa shape index (κ1) is 14.8. The third-order valence-electron chi connectivity index (χ3n) is 4.94. The van der Waals surface area contributed by atoms with E-state index in [9.17, 15) is 9.90 Å². The van der Waals surface area contributed by atoms with Gasteiger partial charge in [0, 0.05) is 6.04 Å². The van der Waals surface area contributed by atoms with Crippen LogP contribution >= 0.6 is 0 Å². The summed E-state index contributed by atoms with van der Waals surface area (Å²) in [6.07, 6.45) is 13.3. The Kier molecular flexibility index (Phi) is 6.15. The molecule has 1 aliphatic carbocycles. The van der Waals surface area contributed by atoms with Gasteiger partial charge in [0.05, 0.1) is 6.42 Å².